The molecule has 17 heavy (non-hydrogen) atoms. The van der Waals surface area contributed by atoms with Crippen LogP contribution in [-0.2, 0) is 14.3 Å². The third-order valence-electron chi connectivity index (χ3n) is 3.83. The lowest BCUT2D eigenvalue weighted by molar-refractivity contribution is -0.156. The second-order valence-electron chi connectivity index (χ2n) is 5.30. The number of nitrogens with two attached hydrogens (primary N) is 1. The predicted molar refractivity (Wildman–Crippen MR) is 64.6 cm³/mol. The monoisotopic (exact) mass is 241 g/mol. The third kappa shape index (κ3) is 3.42. The zero-order valence-corrected chi connectivity index (χ0v) is 10.5. The molecule has 1 saturated carbocycles. The first-order chi connectivity index (χ1) is 8.21. The van der Waals surface area contributed by atoms with Gasteiger partial charge in [0.05, 0.1) is 6.10 Å². The molecule has 2 aliphatic rings. The summed E-state index contributed by atoms with van der Waals surface area (Å²) in [4.78, 5) is 12.0. The summed E-state index contributed by atoms with van der Waals surface area (Å²) in [6.45, 7) is 1.16. The molecular weight excluding hydrogens is 218 g/mol. The van der Waals surface area contributed by atoms with E-state index < -0.39 is 5.54 Å². The number of hydrogen-bond acceptors (Lipinski definition) is 4. The van der Waals surface area contributed by atoms with Crippen LogP contribution in [0.25, 0.3) is 0 Å². The van der Waals surface area contributed by atoms with Gasteiger partial charge in [-0.15, -0.1) is 0 Å². The Balaban J connectivity index is 1.75. The largest absolute Gasteiger partial charge is 0.462 e. The first kappa shape index (κ1) is 12.8. The summed E-state index contributed by atoms with van der Waals surface area (Å²) in [6.07, 6.45) is 8.12. The van der Waals surface area contributed by atoms with E-state index in [1.807, 2.05) is 0 Å². The lowest BCUT2D eigenvalue weighted by Gasteiger charge is -2.31. The van der Waals surface area contributed by atoms with Crippen molar-refractivity contribution in [1.82, 2.24) is 0 Å². The van der Waals surface area contributed by atoms with Gasteiger partial charge in [-0.2, -0.15) is 0 Å². The summed E-state index contributed by atoms with van der Waals surface area (Å²) in [5, 5.41) is 0. The van der Waals surface area contributed by atoms with E-state index in [-0.39, 0.29) is 12.1 Å². The highest BCUT2D eigenvalue weighted by Crippen LogP contribution is 2.27. The minimum absolute atomic E-state index is 0.0832. The molecule has 0 radical (unpaired) electrons. The summed E-state index contributed by atoms with van der Waals surface area (Å²) in [6, 6.07) is 0. The van der Waals surface area contributed by atoms with Crippen LogP contribution in [0.1, 0.15) is 51.4 Å². The van der Waals surface area contributed by atoms with Crippen molar-refractivity contribution in [3.63, 3.8) is 0 Å². The molecule has 2 fully saturated rings. The van der Waals surface area contributed by atoms with Crippen molar-refractivity contribution >= 4 is 5.97 Å². The number of carbonyl (C=O) groups is 1. The molecular formula is C13H23NO3. The van der Waals surface area contributed by atoms with E-state index in [0.29, 0.717) is 6.61 Å². The van der Waals surface area contributed by atoms with Crippen LogP contribution in [-0.4, -0.2) is 30.8 Å². The Morgan fingerprint density at radius 2 is 2.00 bits per heavy atom. The zero-order chi connectivity index (χ0) is 12.1. The summed E-state index contributed by atoms with van der Waals surface area (Å²) >= 11 is 0. The van der Waals surface area contributed by atoms with Gasteiger partial charge in [0.1, 0.15) is 12.1 Å². The van der Waals surface area contributed by atoms with Crippen LogP contribution >= 0.6 is 0 Å². The van der Waals surface area contributed by atoms with Crippen molar-refractivity contribution in [3.05, 3.63) is 0 Å². The van der Waals surface area contributed by atoms with Gasteiger partial charge in [-0.1, -0.05) is 19.3 Å². The highest BCUT2D eigenvalue weighted by atomic mass is 16.6. The van der Waals surface area contributed by atoms with Gasteiger partial charge in [-0.05, 0) is 32.1 Å². The van der Waals surface area contributed by atoms with E-state index in [1.165, 1.54) is 6.42 Å². The molecule has 0 aromatic rings. The van der Waals surface area contributed by atoms with Crippen molar-refractivity contribution in [1.29, 1.82) is 0 Å². The Bertz CT molecular complexity index is 255. The Morgan fingerprint density at radius 3 is 2.65 bits per heavy atom. The molecule has 1 atom stereocenters. The standard InChI is InChI=1S/C13H23NO3/c14-13(7-3-1-4-8-13)12(15)17-10-11-6-2-5-9-16-11/h11H,1-10,14H2. The van der Waals surface area contributed by atoms with E-state index in [4.69, 9.17) is 15.2 Å². The van der Waals surface area contributed by atoms with E-state index in [9.17, 15) is 4.79 Å². The molecule has 0 aromatic heterocycles. The number of ether oxygens (including phenoxy) is 2. The molecule has 1 saturated heterocycles. The fourth-order valence-corrected chi connectivity index (χ4v) is 2.64. The van der Waals surface area contributed by atoms with Gasteiger partial charge < -0.3 is 15.2 Å². The van der Waals surface area contributed by atoms with Crippen molar-refractivity contribution in [3.8, 4) is 0 Å². The Kier molecular flexibility index (Phi) is 4.40. The Morgan fingerprint density at radius 1 is 1.24 bits per heavy atom. The lowest BCUT2D eigenvalue weighted by atomic mass is 9.83. The Labute approximate surface area is 103 Å². The van der Waals surface area contributed by atoms with E-state index >= 15 is 0 Å². The highest BCUT2D eigenvalue weighted by Gasteiger charge is 2.37. The molecule has 0 spiro atoms. The maximum atomic E-state index is 12.0. The molecule has 0 amide bonds. The summed E-state index contributed by atoms with van der Waals surface area (Å²) in [7, 11) is 0. The van der Waals surface area contributed by atoms with Crippen LogP contribution in [0.2, 0.25) is 0 Å². The lowest BCUT2D eigenvalue weighted by Crippen LogP contribution is -2.51. The number of carbonyl (C=O) groups excluding carboxylic acids is 1. The molecule has 98 valence electrons. The second kappa shape index (κ2) is 5.83. The average molecular weight is 241 g/mol. The normalized spacial score (nSPS) is 28.6. The topological polar surface area (TPSA) is 61.6 Å². The van der Waals surface area contributed by atoms with E-state index in [0.717, 1.165) is 51.6 Å². The van der Waals surface area contributed by atoms with Crippen LogP contribution < -0.4 is 5.73 Å². The zero-order valence-electron chi connectivity index (χ0n) is 10.5. The molecule has 0 aromatic carbocycles. The van der Waals surface area contributed by atoms with Gasteiger partial charge in [0, 0.05) is 6.61 Å². The molecule has 4 heteroatoms. The average Bonchev–Trinajstić information content (AvgIpc) is 2.38. The van der Waals surface area contributed by atoms with E-state index in [1.54, 1.807) is 0 Å². The van der Waals surface area contributed by atoms with Crippen molar-refractivity contribution in [2.75, 3.05) is 13.2 Å². The van der Waals surface area contributed by atoms with Crippen LogP contribution in [0, 0.1) is 0 Å². The number of rotatable bonds is 3. The minimum atomic E-state index is -0.729. The fourth-order valence-electron chi connectivity index (χ4n) is 2.64. The summed E-state index contributed by atoms with van der Waals surface area (Å²) < 4.78 is 10.9. The van der Waals surface area contributed by atoms with Crippen molar-refractivity contribution in [2.24, 2.45) is 5.73 Å². The highest BCUT2D eigenvalue weighted by molar-refractivity contribution is 5.80. The molecule has 1 heterocycles. The number of esters is 1. The molecule has 2 rings (SSSR count). The van der Waals surface area contributed by atoms with Crippen LogP contribution in [0.3, 0.4) is 0 Å². The van der Waals surface area contributed by atoms with E-state index in [2.05, 4.69) is 0 Å². The smallest absolute Gasteiger partial charge is 0.326 e. The van der Waals surface area contributed by atoms with Crippen LogP contribution in [0.4, 0.5) is 0 Å². The fraction of sp³-hybridized carbons (Fsp3) is 0.923. The van der Waals surface area contributed by atoms with Gasteiger partial charge in [0.25, 0.3) is 0 Å². The third-order valence-corrected chi connectivity index (χ3v) is 3.83. The minimum Gasteiger partial charge on any atom is -0.462 e. The van der Waals surface area contributed by atoms with Gasteiger partial charge in [-0.25, -0.2) is 0 Å². The SMILES string of the molecule is NC1(C(=O)OCC2CCCCO2)CCCCC1. The van der Waals surface area contributed by atoms with Crippen molar-refractivity contribution in [2.45, 2.75) is 63.0 Å². The first-order valence-corrected chi connectivity index (χ1v) is 6.78. The Hall–Kier alpha value is -0.610. The van der Waals surface area contributed by atoms with Gasteiger partial charge in [0.15, 0.2) is 0 Å². The molecule has 2 N–H and O–H groups in total. The quantitative estimate of drug-likeness (QED) is 0.765. The second-order valence-corrected chi connectivity index (χ2v) is 5.30. The molecule has 1 unspecified atom stereocenters. The predicted octanol–water partition coefficient (Wildman–Crippen LogP) is 1.76. The van der Waals surface area contributed by atoms with Crippen LogP contribution in [0.15, 0.2) is 0 Å². The molecule has 1 aliphatic heterocycles. The maximum absolute atomic E-state index is 12.0. The molecule has 0 bridgehead atoms. The molecule has 1 aliphatic carbocycles. The maximum Gasteiger partial charge on any atom is 0.326 e. The first-order valence-electron chi connectivity index (χ1n) is 6.78. The summed E-state index contributed by atoms with van der Waals surface area (Å²) in [5.41, 5.74) is 5.37. The van der Waals surface area contributed by atoms with Crippen molar-refractivity contribution < 1.29 is 14.3 Å². The molecule has 4 nitrogen and oxygen atoms in total. The van der Waals surface area contributed by atoms with Gasteiger partial charge in [-0.3, -0.25) is 4.79 Å². The van der Waals surface area contributed by atoms with Crippen LogP contribution in [0.5, 0.6) is 0 Å². The van der Waals surface area contributed by atoms with Gasteiger partial charge >= 0.3 is 5.97 Å². The van der Waals surface area contributed by atoms with Gasteiger partial charge in [0.2, 0.25) is 0 Å². The summed E-state index contributed by atoms with van der Waals surface area (Å²) in [5.74, 6) is -0.230. The number of hydrogen-bond donors (Lipinski definition) is 1.